The monoisotopic (exact) mass is 169 g/mol. The minimum Gasteiger partial charge on any atom is -0.361 e. The van der Waals surface area contributed by atoms with E-state index in [4.69, 9.17) is 0 Å². The van der Waals surface area contributed by atoms with E-state index in [9.17, 15) is 0 Å². The second-order valence-corrected chi connectivity index (χ2v) is 5.03. The van der Waals surface area contributed by atoms with Gasteiger partial charge < -0.3 is 4.90 Å². The summed E-state index contributed by atoms with van der Waals surface area (Å²) in [7, 11) is 0. The Balaban J connectivity index is 1.56. The zero-order chi connectivity index (χ0) is 8.15. The van der Waals surface area contributed by atoms with Crippen LogP contribution in [0.25, 0.3) is 0 Å². The smallest absolute Gasteiger partial charge is 0.0534 e. The molecule has 1 nitrogen and oxygen atoms in total. The molecule has 64 valence electrons. The fraction of sp³-hybridized carbons (Fsp3) is 0.500. The highest BCUT2D eigenvalue weighted by Gasteiger charge is 2.92. The lowest BCUT2D eigenvalue weighted by Gasteiger charge is -2.12. The van der Waals surface area contributed by atoms with Crippen LogP contribution in [0.3, 0.4) is 0 Å². The molecule has 0 spiro atoms. The van der Waals surface area contributed by atoms with Crippen molar-refractivity contribution in [1.29, 1.82) is 0 Å². The maximum Gasteiger partial charge on any atom is 0.0534 e. The molecule has 1 aliphatic heterocycles. The van der Waals surface area contributed by atoms with Gasteiger partial charge in [0.1, 0.15) is 0 Å². The molecule has 1 heteroatoms. The van der Waals surface area contributed by atoms with E-state index in [1.54, 1.807) is 0 Å². The molecule has 5 fully saturated rings. The Bertz CT molecular complexity index is 371. The van der Waals surface area contributed by atoms with Crippen LogP contribution in [0.1, 0.15) is 0 Å². The Morgan fingerprint density at radius 2 is 1.38 bits per heavy atom. The highest BCUT2D eigenvalue weighted by atomic mass is 15.4. The summed E-state index contributed by atoms with van der Waals surface area (Å²) in [5, 5.41) is 0. The lowest BCUT2D eigenvalue weighted by Crippen LogP contribution is -2.13. The highest BCUT2D eigenvalue weighted by Crippen LogP contribution is 2.88. The third-order valence-corrected chi connectivity index (χ3v) is 4.69. The van der Waals surface area contributed by atoms with Crippen LogP contribution in [0, 0.1) is 23.7 Å². The molecular weight excluding hydrogens is 158 g/mol. The first-order chi connectivity index (χ1) is 6.48. The Kier molecular flexibility index (Phi) is 0.617. The zero-order valence-corrected chi connectivity index (χ0v) is 7.30. The third kappa shape index (κ3) is 0.442. The van der Waals surface area contributed by atoms with E-state index in [2.05, 4.69) is 35.2 Å². The van der Waals surface area contributed by atoms with Crippen molar-refractivity contribution in [2.75, 3.05) is 4.90 Å². The fourth-order valence-corrected chi connectivity index (χ4v) is 4.09. The van der Waals surface area contributed by atoms with Crippen molar-refractivity contribution in [1.82, 2.24) is 0 Å². The van der Waals surface area contributed by atoms with Crippen molar-refractivity contribution in [3.63, 3.8) is 0 Å². The quantitative estimate of drug-likeness (QED) is 0.579. The molecule has 1 saturated heterocycles. The first-order valence-electron chi connectivity index (χ1n) is 5.32. The lowest BCUT2D eigenvalue weighted by atomic mass is 10.1. The zero-order valence-electron chi connectivity index (χ0n) is 7.30. The normalized spacial score (nSPS) is 57.1. The van der Waals surface area contributed by atoms with Gasteiger partial charge in [-0.2, -0.15) is 0 Å². The predicted molar refractivity (Wildman–Crippen MR) is 50.5 cm³/mol. The van der Waals surface area contributed by atoms with Crippen molar-refractivity contribution in [3.05, 3.63) is 30.3 Å². The van der Waals surface area contributed by atoms with Gasteiger partial charge in [-0.3, -0.25) is 0 Å². The van der Waals surface area contributed by atoms with Gasteiger partial charge in [-0.15, -0.1) is 0 Å². The molecule has 6 rings (SSSR count). The van der Waals surface area contributed by atoms with Gasteiger partial charge in [-0.25, -0.2) is 0 Å². The molecule has 0 radical (unpaired) electrons. The van der Waals surface area contributed by atoms with E-state index in [0.717, 1.165) is 23.9 Å². The van der Waals surface area contributed by atoms with Crippen molar-refractivity contribution in [3.8, 4) is 0 Å². The average molecular weight is 169 g/mol. The molecule has 0 N–H and O–H groups in total. The number of rotatable bonds is 1. The molecule has 1 aromatic rings. The molecule has 1 heterocycles. The summed E-state index contributed by atoms with van der Waals surface area (Å²) in [4.78, 5) is 2.65. The summed E-state index contributed by atoms with van der Waals surface area (Å²) in [5.74, 6) is 4.68. The number of benzene rings is 1. The minimum atomic E-state index is 0.974. The van der Waals surface area contributed by atoms with Crippen LogP contribution in [0.4, 0.5) is 5.69 Å². The maximum absolute atomic E-state index is 2.65. The van der Waals surface area contributed by atoms with Crippen LogP contribution in [0.15, 0.2) is 30.3 Å². The molecule has 4 aliphatic carbocycles. The number of hydrogen-bond acceptors (Lipinski definition) is 1. The maximum atomic E-state index is 2.65. The van der Waals surface area contributed by atoms with E-state index in [-0.39, 0.29) is 0 Å². The van der Waals surface area contributed by atoms with Gasteiger partial charge in [0.05, 0.1) is 12.1 Å². The summed E-state index contributed by atoms with van der Waals surface area (Å²) in [6.07, 6.45) is 0. The van der Waals surface area contributed by atoms with Crippen LogP contribution in [-0.2, 0) is 0 Å². The molecule has 0 amide bonds. The molecule has 13 heavy (non-hydrogen) atoms. The molecule has 5 aliphatic rings. The van der Waals surface area contributed by atoms with Crippen LogP contribution >= 0.6 is 0 Å². The Morgan fingerprint density at radius 1 is 0.769 bits per heavy atom. The molecule has 4 saturated carbocycles. The van der Waals surface area contributed by atoms with Crippen molar-refractivity contribution >= 4 is 5.69 Å². The lowest BCUT2D eigenvalue weighted by molar-refractivity contribution is 0.567. The minimum absolute atomic E-state index is 0.974. The van der Waals surface area contributed by atoms with Crippen molar-refractivity contribution < 1.29 is 0 Å². The Labute approximate surface area is 77.4 Å². The molecule has 1 aromatic carbocycles. The second-order valence-electron chi connectivity index (χ2n) is 5.03. The van der Waals surface area contributed by atoms with E-state index in [0.29, 0.717) is 0 Å². The Hall–Kier alpha value is -0.980. The summed E-state index contributed by atoms with van der Waals surface area (Å²) in [6.45, 7) is 0. The van der Waals surface area contributed by atoms with Gasteiger partial charge in [0.15, 0.2) is 0 Å². The van der Waals surface area contributed by atoms with Crippen molar-refractivity contribution in [2.45, 2.75) is 12.1 Å². The standard InChI is InChI=1S/C12H11N/c1-2-4-6(5-3-1)13-11-9-7-8(9)10(7)12(11)13/h1-5,7-12H. The summed E-state index contributed by atoms with van der Waals surface area (Å²) in [6, 6.07) is 12.9. The molecule has 2 atom stereocenters. The first-order valence-corrected chi connectivity index (χ1v) is 5.32. The van der Waals surface area contributed by atoms with Gasteiger partial charge >= 0.3 is 0 Å². The summed E-state index contributed by atoms with van der Waals surface area (Å²) >= 11 is 0. The third-order valence-electron chi connectivity index (χ3n) is 4.69. The SMILES string of the molecule is c1ccc(N2C3C4C5C4C5C32)cc1. The van der Waals surface area contributed by atoms with E-state index in [1.165, 1.54) is 17.5 Å². The van der Waals surface area contributed by atoms with E-state index < -0.39 is 0 Å². The number of piperidine rings is 2. The summed E-state index contributed by atoms with van der Waals surface area (Å²) < 4.78 is 0. The van der Waals surface area contributed by atoms with Crippen LogP contribution in [0.5, 0.6) is 0 Å². The van der Waals surface area contributed by atoms with Crippen LogP contribution < -0.4 is 4.90 Å². The van der Waals surface area contributed by atoms with Crippen LogP contribution in [0.2, 0.25) is 0 Å². The Morgan fingerprint density at radius 3 is 2.00 bits per heavy atom. The van der Waals surface area contributed by atoms with Crippen LogP contribution in [-0.4, -0.2) is 12.1 Å². The fourth-order valence-electron chi connectivity index (χ4n) is 4.09. The summed E-state index contributed by atoms with van der Waals surface area (Å²) in [5.41, 5.74) is 1.46. The van der Waals surface area contributed by atoms with Gasteiger partial charge in [-0.1, -0.05) is 18.2 Å². The van der Waals surface area contributed by atoms with Gasteiger partial charge in [0.25, 0.3) is 0 Å². The first kappa shape index (κ1) is 5.69. The predicted octanol–water partition coefficient (Wildman–Crippen LogP) is 1.75. The van der Waals surface area contributed by atoms with Gasteiger partial charge in [0, 0.05) is 5.69 Å². The van der Waals surface area contributed by atoms with Crippen molar-refractivity contribution in [2.24, 2.45) is 23.7 Å². The number of anilines is 1. The molecule has 2 unspecified atom stereocenters. The molecule has 2 bridgehead atoms. The molecule has 0 aromatic heterocycles. The largest absolute Gasteiger partial charge is 0.361 e. The van der Waals surface area contributed by atoms with Gasteiger partial charge in [-0.05, 0) is 35.8 Å². The second kappa shape index (κ2) is 1.41. The topological polar surface area (TPSA) is 3.01 Å². The molecular formula is C12H11N. The van der Waals surface area contributed by atoms with E-state index >= 15 is 0 Å². The van der Waals surface area contributed by atoms with Gasteiger partial charge in [0.2, 0.25) is 0 Å². The average Bonchev–Trinajstić information content (AvgIpc) is 3.09. The number of para-hydroxylation sites is 1. The highest BCUT2D eigenvalue weighted by molar-refractivity contribution is 5.65. The number of hydrogen-bond donors (Lipinski definition) is 0. The number of nitrogens with zero attached hydrogens (tertiary/aromatic N) is 1. The van der Waals surface area contributed by atoms with E-state index in [1.807, 2.05) is 0 Å².